The molecule has 128 valence electrons. The van der Waals surface area contributed by atoms with Gasteiger partial charge >= 0.3 is 0 Å². The predicted octanol–water partition coefficient (Wildman–Crippen LogP) is 4.71. The summed E-state index contributed by atoms with van der Waals surface area (Å²) in [6.07, 6.45) is 0. The molecule has 0 unspecified atom stereocenters. The number of nitrogens with one attached hydrogen (secondary N) is 1. The zero-order valence-electron chi connectivity index (χ0n) is 13.9. The molecule has 0 bridgehead atoms. The van der Waals surface area contributed by atoms with Crippen LogP contribution in [-0.4, -0.2) is 18.0 Å². The van der Waals surface area contributed by atoms with Gasteiger partial charge in [-0.15, -0.1) is 11.3 Å². The fraction of sp³-hybridized carbons (Fsp3) is 0.158. The van der Waals surface area contributed by atoms with Crippen molar-refractivity contribution in [2.45, 2.75) is 13.5 Å². The molecular weight excluding hydrogens is 356 g/mol. The summed E-state index contributed by atoms with van der Waals surface area (Å²) in [7, 11) is 1.63. The highest BCUT2D eigenvalue weighted by Crippen LogP contribution is 2.29. The van der Waals surface area contributed by atoms with Gasteiger partial charge in [0.25, 0.3) is 5.91 Å². The largest absolute Gasteiger partial charge is 0.497 e. The van der Waals surface area contributed by atoms with E-state index in [4.69, 9.17) is 16.3 Å². The number of hydrogen-bond acceptors (Lipinski definition) is 4. The van der Waals surface area contributed by atoms with Crippen molar-refractivity contribution in [3.8, 4) is 16.3 Å². The van der Waals surface area contributed by atoms with Gasteiger partial charge in [0.1, 0.15) is 15.6 Å². The van der Waals surface area contributed by atoms with Crippen LogP contribution in [0.25, 0.3) is 10.6 Å². The Balaban J connectivity index is 1.71. The number of nitrogens with zero attached hydrogens (tertiary/aromatic N) is 1. The average molecular weight is 373 g/mol. The second kappa shape index (κ2) is 7.68. The third kappa shape index (κ3) is 4.18. The number of benzene rings is 2. The van der Waals surface area contributed by atoms with E-state index >= 15 is 0 Å². The van der Waals surface area contributed by atoms with Crippen LogP contribution in [0.15, 0.2) is 48.5 Å². The van der Waals surface area contributed by atoms with E-state index < -0.39 is 0 Å². The van der Waals surface area contributed by atoms with Crippen molar-refractivity contribution in [3.63, 3.8) is 0 Å². The molecule has 0 radical (unpaired) electrons. The Labute approximate surface area is 155 Å². The topological polar surface area (TPSA) is 51.2 Å². The molecular formula is C19H17ClN2O2S. The number of amides is 1. The van der Waals surface area contributed by atoms with Crippen LogP contribution in [0.4, 0.5) is 0 Å². The first-order valence-corrected chi connectivity index (χ1v) is 8.91. The lowest BCUT2D eigenvalue weighted by atomic mass is 10.2. The van der Waals surface area contributed by atoms with Crippen LogP contribution < -0.4 is 10.1 Å². The van der Waals surface area contributed by atoms with Crippen molar-refractivity contribution in [2.75, 3.05) is 7.11 Å². The first-order chi connectivity index (χ1) is 12.1. The Morgan fingerprint density at radius 1 is 1.24 bits per heavy atom. The van der Waals surface area contributed by atoms with Crippen LogP contribution in [0.5, 0.6) is 5.75 Å². The molecule has 0 aliphatic carbocycles. The number of methoxy groups -OCH3 is 1. The normalized spacial score (nSPS) is 10.5. The molecule has 6 heteroatoms. The third-order valence-electron chi connectivity index (χ3n) is 3.69. The smallest absolute Gasteiger partial charge is 0.263 e. The summed E-state index contributed by atoms with van der Waals surface area (Å²) < 4.78 is 5.13. The summed E-state index contributed by atoms with van der Waals surface area (Å²) in [4.78, 5) is 17.6. The first-order valence-electron chi connectivity index (χ1n) is 7.71. The van der Waals surface area contributed by atoms with Crippen LogP contribution in [0.2, 0.25) is 5.02 Å². The lowest BCUT2D eigenvalue weighted by Crippen LogP contribution is -2.22. The molecule has 0 fully saturated rings. The molecule has 1 heterocycles. The van der Waals surface area contributed by atoms with Gasteiger partial charge < -0.3 is 10.1 Å². The molecule has 1 amide bonds. The third-order valence-corrected chi connectivity index (χ3v) is 5.13. The van der Waals surface area contributed by atoms with Crippen LogP contribution in [0.1, 0.15) is 20.9 Å². The number of halogens is 1. The first kappa shape index (κ1) is 17.5. The molecule has 0 atom stereocenters. The van der Waals surface area contributed by atoms with Crippen LogP contribution in [0.3, 0.4) is 0 Å². The molecule has 0 saturated carbocycles. The Kier molecular flexibility index (Phi) is 5.36. The maximum Gasteiger partial charge on any atom is 0.263 e. The van der Waals surface area contributed by atoms with Crippen molar-refractivity contribution in [1.82, 2.24) is 10.3 Å². The van der Waals surface area contributed by atoms with Gasteiger partial charge in [0.15, 0.2) is 0 Å². The predicted molar refractivity (Wildman–Crippen MR) is 101 cm³/mol. The molecule has 1 aromatic heterocycles. The van der Waals surface area contributed by atoms with Gasteiger partial charge in [0.2, 0.25) is 0 Å². The minimum Gasteiger partial charge on any atom is -0.497 e. The average Bonchev–Trinajstić information content (AvgIpc) is 3.02. The van der Waals surface area contributed by atoms with E-state index in [2.05, 4.69) is 10.3 Å². The quantitative estimate of drug-likeness (QED) is 0.705. The summed E-state index contributed by atoms with van der Waals surface area (Å²) in [6, 6.07) is 15.1. The van der Waals surface area contributed by atoms with Crippen molar-refractivity contribution in [1.29, 1.82) is 0 Å². The summed E-state index contributed by atoms with van der Waals surface area (Å²) >= 11 is 7.40. The number of aromatic nitrogens is 1. The number of rotatable bonds is 5. The molecule has 0 spiro atoms. The highest BCUT2D eigenvalue weighted by Gasteiger charge is 2.16. The molecule has 4 nitrogen and oxygen atoms in total. The van der Waals surface area contributed by atoms with Crippen LogP contribution in [-0.2, 0) is 6.54 Å². The summed E-state index contributed by atoms with van der Waals surface area (Å²) in [5, 5.41) is 4.37. The lowest BCUT2D eigenvalue weighted by molar-refractivity contribution is 0.0954. The van der Waals surface area contributed by atoms with Gasteiger partial charge in [-0.2, -0.15) is 0 Å². The molecule has 0 saturated heterocycles. The molecule has 2 aromatic carbocycles. The van der Waals surface area contributed by atoms with Crippen molar-refractivity contribution in [3.05, 3.63) is 69.7 Å². The highest BCUT2D eigenvalue weighted by molar-refractivity contribution is 7.17. The Bertz CT molecular complexity index is 891. The Hall–Kier alpha value is -2.37. The fourth-order valence-corrected chi connectivity index (χ4v) is 3.53. The van der Waals surface area contributed by atoms with E-state index in [1.165, 1.54) is 11.3 Å². The van der Waals surface area contributed by atoms with E-state index in [9.17, 15) is 4.79 Å². The lowest BCUT2D eigenvalue weighted by Gasteiger charge is -2.05. The Morgan fingerprint density at radius 2 is 2.00 bits per heavy atom. The molecule has 3 rings (SSSR count). The van der Waals surface area contributed by atoms with Crippen LogP contribution >= 0.6 is 22.9 Å². The van der Waals surface area contributed by atoms with E-state index in [0.717, 1.165) is 21.9 Å². The van der Waals surface area contributed by atoms with Crippen molar-refractivity contribution >= 4 is 28.8 Å². The molecule has 3 aromatic rings. The van der Waals surface area contributed by atoms with Gasteiger partial charge in [-0.25, -0.2) is 4.98 Å². The van der Waals surface area contributed by atoms with Gasteiger partial charge in [-0.1, -0.05) is 35.9 Å². The summed E-state index contributed by atoms with van der Waals surface area (Å²) in [5.74, 6) is 0.665. The Morgan fingerprint density at radius 3 is 2.68 bits per heavy atom. The minimum atomic E-state index is -0.126. The van der Waals surface area contributed by atoms with Gasteiger partial charge in [-0.05, 0) is 36.8 Å². The number of thiazole rings is 1. The van der Waals surface area contributed by atoms with Crippen molar-refractivity contribution in [2.24, 2.45) is 0 Å². The van der Waals surface area contributed by atoms with Crippen LogP contribution in [0, 0.1) is 6.92 Å². The minimum absolute atomic E-state index is 0.126. The summed E-state index contributed by atoms with van der Waals surface area (Å²) in [5.41, 5.74) is 2.63. The number of carbonyl (C=O) groups is 1. The standard InChI is InChI=1S/C19H17ClN2O2S/c1-12-17(25-19(22-12)14-4-3-5-15(20)10-14)18(23)21-11-13-6-8-16(24-2)9-7-13/h3-10H,11H2,1-2H3,(H,21,23). The second-order valence-electron chi connectivity index (χ2n) is 5.47. The van der Waals surface area contributed by atoms with E-state index in [-0.39, 0.29) is 5.91 Å². The fourth-order valence-electron chi connectivity index (χ4n) is 2.36. The molecule has 0 aliphatic heterocycles. The number of ether oxygens (including phenoxy) is 1. The molecule has 25 heavy (non-hydrogen) atoms. The maximum atomic E-state index is 12.5. The highest BCUT2D eigenvalue weighted by atomic mass is 35.5. The number of carbonyl (C=O) groups excluding carboxylic acids is 1. The van der Waals surface area contributed by atoms with Crippen molar-refractivity contribution < 1.29 is 9.53 Å². The second-order valence-corrected chi connectivity index (χ2v) is 6.91. The summed E-state index contributed by atoms with van der Waals surface area (Å²) in [6.45, 7) is 2.29. The van der Waals surface area contributed by atoms with E-state index in [0.29, 0.717) is 22.1 Å². The number of aryl methyl sites for hydroxylation is 1. The monoisotopic (exact) mass is 372 g/mol. The van der Waals surface area contributed by atoms with E-state index in [1.807, 2.05) is 55.5 Å². The van der Waals surface area contributed by atoms with E-state index in [1.54, 1.807) is 7.11 Å². The van der Waals surface area contributed by atoms with Gasteiger partial charge in [0, 0.05) is 17.1 Å². The van der Waals surface area contributed by atoms with Gasteiger partial charge in [-0.3, -0.25) is 4.79 Å². The zero-order chi connectivity index (χ0) is 17.8. The zero-order valence-corrected chi connectivity index (χ0v) is 15.4. The van der Waals surface area contributed by atoms with Gasteiger partial charge in [0.05, 0.1) is 12.8 Å². The number of hydrogen-bond donors (Lipinski definition) is 1. The molecule has 1 N–H and O–H groups in total. The molecule has 0 aliphatic rings. The SMILES string of the molecule is COc1ccc(CNC(=O)c2sc(-c3cccc(Cl)c3)nc2C)cc1. The maximum absolute atomic E-state index is 12.5.